The van der Waals surface area contributed by atoms with E-state index < -0.39 is 0 Å². The largest absolute Gasteiger partial charge is 0.340 e. The molecule has 2 aliphatic heterocycles. The van der Waals surface area contributed by atoms with Gasteiger partial charge in [-0.25, -0.2) is 18.9 Å². The van der Waals surface area contributed by atoms with Crippen molar-refractivity contribution >= 4 is 17.4 Å². The number of hydrogen-bond acceptors (Lipinski definition) is 5. The number of rotatable bonds is 3. The van der Waals surface area contributed by atoms with Gasteiger partial charge in [-0.15, -0.1) is 0 Å². The van der Waals surface area contributed by atoms with Crippen LogP contribution in [0, 0.1) is 31.5 Å². The molecule has 0 aliphatic carbocycles. The Kier molecular flexibility index (Phi) is 4.83. The molecule has 172 valence electrons. The molecule has 6 rings (SSSR count). The van der Waals surface area contributed by atoms with Crippen LogP contribution in [0.1, 0.15) is 21.9 Å². The van der Waals surface area contributed by atoms with Crippen molar-refractivity contribution in [2.24, 2.45) is 11.8 Å². The van der Waals surface area contributed by atoms with Gasteiger partial charge in [-0.1, -0.05) is 18.2 Å². The van der Waals surface area contributed by atoms with Crippen LogP contribution in [-0.2, 0) is 0 Å². The number of anilines is 1. The molecule has 0 radical (unpaired) electrons. The number of carbonyl (C=O) groups is 1. The summed E-state index contributed by atoms with van der Waals surface area (Å²) in [6.07, 6.45) is 1.83. The number of aryl methyl sites for hydroxylation is 2. The minimum atomic E-state index is -0.308. The van der Waals surface area contributed by atoms with Gasteiger partial charge in [-0.2, -0.15) is 5.10 Å². The van der Waals surface area contributed by atoms with Gasteiger partial charge in [0.05, 0.1) is 5.52 Å². The fourth-order valence-electron chi connectivity index (χ4n) is 5.37. The van der Waals surface area contributed by atoms with Gasteiger partial charge in [0.25, 0.3) is 5.91 Å². The Hall–Kier alpha value is -3.81. The normalized spacial score (nSPS) is 19.7. The number of pyridine rings is 1. The van der Waals surface area contributed by atoms with Crippen LogP contribution in [0.25, 0.3) is 16.6 Å². The molecule has 2 fully saturated rings. The van der Waals surface area contributed by atoms with Crippen molar-refractivity contribution in [2.75, 3.05) is 31.1 Å². The Bertz CT molecular complexity index is 1360. The number of halogens is 1. The molecule has 8 heteroatoms. The lowest BCUT2D eigenvalue weighted by atomic mass is 10.0. The Morgan fingerprint density at radius 1 is 0.941 bits per heavy atom. The molecule has 0 saturated carbocycles. The van der Waals surface area contributed by atoms with E-state index in [1.54, 1.807) is 16.6 Å². The third-order valence-electron chi connectivity index (χ3n) is 6.90. The smallest absolute Gasteiger partial charge is 0.275 e. The fourth-order valence-corrected chi connectivity index (χ4v) is 5.37. The van der Waals surface area contributed by atoms with Crippen molar-refractivity contribution in [3.8, 4) is 11.1 Å². The standard InChI is InChI=1S/C26H25FN6O/c1-16-11-17(2)29-26(28-16)32-14-19-12-31(13-20(19)15-32)25(34)24-23(18-6-8-21(27)9-7-18)22-5-3-4-10-33(22)30-24/h3-11,19-20H,12-15H2,1-2H3. The summed E-state index contributed by atoms with van der Waals surface area (Å²) in [5.74, 6) is 1.15. The molecule has 1 aromatic carbocycles. The number of aromatic nitrogens is 4. The summed E-state index contributed by atoms with van der Waals surface area (Å²) in [6.45, 7) is 7.02. The molecule has 3 aromatic heterocycles. The molecule has 2 unspecified atom stereocenters. The Morgan fingerprint density at radius 2 is 1.62 bits per heavy atom. The second-order valence-corrected chi connectivity index (χ2v) is 9.35. The first-order chi connectivity index (χ1) is 16.5. The first-order valence-electron chi connectivity index (χ1n) is 11.6. The molecule has 5 heterocycles. The van der Waals surface area contributed by atoms with Crippen LogP contribution in [0.4, 0.5) is 10.3 Å². The minimum absolute atomic E-state index is 0.0772. The molecule has 2 aliphatic rings. The molecule has 7 nitrogen and oxygen atoms in total. The number of benzene rings is 1. The summed E-state index contributed by atoms with van der Waals surface area (Å²) in [5.41, 5.74) is 4.70. The van der Waals surface area contributed by atoms with Crippen molar-refractivity contribution in [1.29, 1.82) is 0 Å². The van der Waals surface area contributed by atoms with Crippen molar-refractivity contribution in [3.05, 3.63) is 77.6 Å². The van der Waals surface area contributed by atoms with Crippen molar-refractivity contribution in [3.63, 3.8) is 0 Å². The number of hydrogen-bond donors (Lipinski definition) is 0. The fraction of sp³-hybridized carbons (Fsp3) is 0.308. The number of amides is 1. The lowest BCUT2D eigenvalue weighted by molar-refractivity contribution is 0.0777. The molecule has 2 saturated heterocycles. The first-order valence-corrected chi connectivity index (χ1v) is 11.6. The molecule has 0 N–H and O–H groups in total. The van der Waals surface area contributed by atoms with E-state index in [4.69, 9.17) is 0 Å². The van der Waals surface area contributed by atoms with E-state index in [0.29, 0.717) is 30.6 Å². The van der Waals surface area contributed by atoms with E-state index in [9.17, 15) is 9.18 Å². The van der Waals surface area contributed by atoms with Gasteiger partial charge in [0.2, 0.25) is 5.95 Å². The third-order valence-corrected chi connectivity index (χ3v) is 6.90. The van der Waals surface area contributed by atoms with E-state index in [0.717, 1.165) is 47.1 Å². The van der Waals surface area contributed by atoms with Gasteiger partial charge >= 0.3 is 0 Å². The SMILES string of the molecule is Cc1cc(C)nc(N2CC3CN(C(=O)c4nn5ccccc5c4-c4ccc(F)cc4)CC3C2)n1. The number of carbonyl (C=O) groups excluding carboxylic acids is 1. The minimum Gasteiger partial charge on any atom is -0.340 e. The average Bonchev–Trinajstić information content (AvgIpc) is 3.50. The summed E-state index contributed by atoms with van der Waals surface area (Å²) >= 11 is 0. The average molecular weight is 457 g/mol. The topological polar surface area (TPSA) is 66.6 Å². The van der Waals surface area contributed by atoms with Gasteiger partial charge in [0.1, 0.15) is 5.82 Å². The number of nitrogens with zero attached hydrogens (tertiary/aromatic N) is 6. The zero-order chi connectivity index (χ0) is 23.4. The number of fused-ring (bicyclic) bond motifs is 2. The van der Waals surface area contributed by atoms with Crippen LogP contribution in [0.3, 0.4) is 0 Å². The summed E-state index contributed by atoms with van der Waals surface area (Å²) in [4.78, 5) is 27.1. The first kappa shape index (κ1) is 20.8. The molecule has 34 heavy (non-hydrogen) atoms. The summed E-state index contributed by atoms with van der Waals surface area (Å²) in [7, 11) is 0. The van der Waals surface area contributed by atoms with Crippen LogP contribution in [0.5, 0.6) is 0 Å². The molecule has 2 atom stereocenters. The van der Waals surface area contributed by atoms with Crippen LogP contribution in [-0.4, -0.2) is 56.6 Å². The zero-order valence-electron chi connectivity index (χ0n) is 19.1. The predicted molar refractivity (Wildman–Crippen MR) is 127 cm³/mol. The highest BCUT2D eigenvalue weighted by molar-refractivity contribution is 6.03. The molecule has 0 spiro atoms. The highest BCUT2D eigenvalue weighted by Gasteiger charge is 2.43. The maximum atomic E-state index is 13.7. The van der Waals surface area contributed by atoms with Crippen LogP contribution < -0.4 is 4.90 Å². The monoisotopic (exact) mass is 456 g/mol. The second-order valence-electron chi connectivity index (χ2n) is 9.35. The van der Waals surface area contributed by atoms with Crippen LogP contribution in [0.2, 0.25) is 0 Å². The Labute approximate surface area is 196 Å². The maximum absolute atomic E-state index is 13.7. The molecule has 0 bridgehead atoms. The van der Waals surface area contributed by atoms with Gasteiger partial charge in [0, 0.05) is 61.2 Å². The van der Waals surface area contributed by atoms with E-state index in [1.165, 1.54) is 12.1 Å². The maximum Gasteiger partial charge on any atom is 0.275 e. The third kappa shape index (κ3) is 3.50. The highest BCUT2D eigenvalue weighted by Crippen LogP contribution is 2.35. The zero-order valence-corrected chi connectivity index (χ0v) is 19.1. The molecule has 1 amide bonds. The number of likely N-dealkylation sites (tertiary alicyclic amines) is 1. The van der Waals surface area contributed by atoms with Gasteiger partial charge in [0.15, 0.2) is 5.69 Å². The van der Waals surface area contributed by atoms with Crippen LogP contribution >= 0.6 is 0 Å². The van der Waals surface area contributed by atoms with Gasteiger partial charge < -0.3 is 9.80 Å². The van der Waals surface area contributed by atoms with Gasteiger partial charge in [-0.05, 0) is 49.7 Å². The van der Waals surface area contributed by atoms with Crippen molar-refractivity contribution < 1.29 is 9.18 Å². The summed E-state index contributed by atoms with van der Waals surface area (Å²) in [6, 6.07) is 14.0. The second kappa shape index (κ2) is 7.90. The lowest BCUT2D eigenvalue weighted by Gasteiger charge is -2.22. The highest BCUT2D eigenvalue weighted by atomic mass is 19.1. The van der Waals surface area contributed by atoms with E-state index in [-0.39, 0.29) is 11.7 Å². The van der Waals surface area contributed by atoms with E-state index >= 15 is 0 Å². The van der Waals surface area contributed by atoms with Crippen LogP contribution in [0.15, 0.2) is 54.7 Å². The summed E-state index contributed by atoms with van der Waals surface area (Å²) < 4.78 is 15.3. The van der Waals surface area contributed by atoms with Crippen molar-refractivity contribution in [2.45, 2.75) is 13.8 Å². The Morgan fingerprint density at radius 3 is 2.29 bits per heavy atom. The van der Waals surface area contributed by atoms with Gasteiger partial charge in [-0.3, -0.25) is 4.79 Å². The van der Waals surface area contributed by atoms with E-state index in [1.807, 2.05) is 49.2 Å². The van der Waals surface area contributed by atoms with E-state index in [2.05, 4.69) is 20.0 Å². The predicted octanol–water partition coefficient (Wildman–Crippen LogP) is 3.76. The summed E-state index contributed by atoms with van der Waals surface area (Å²) in [5, 5.41) is 4.63. The molecular formula is C26H25FN6O. The quantitative estimate of drug-likeness (QED) is 0.470. The lowest BCUT2D eigenvalue weighted by Crippen LogP contribution is -2.34. The molecule has 4 aromatic rings. The molecular weight excluding hydrogens is 431 g/mol. The van der Waals surface area contributed by atoms with Crippen molar-refractivity contribution in [1.82, 2.24) is 24.5 Å². The Balaban J connectivity index is 1.27.